The van der Waals surface area contributed by atoms with Gasteiger partial charge >= 0.3 is 12.1 Å². The van der Waals surface area contributed by atoms with Gasteiger partial charge in [0.2, 0.25) is 6.10 Å². The quantitative estimate of drug-likeness (QED) is 0.580. The number of carbonyl (C=O) groups is 2. The van der Waals surface area contributed by atoms with Gasteiger partial charge in [-0.05, 0) is 30.7 Å². The molecular formula is C11H9FO5. The normalized spacial score (nSPS) is 18.5. The lowest BCUT2D eigenvalue weighted by atomic mass is 10.2. The predicted octanol–water partition coefficient (Wildman–Crippen LogP) is 1.57. The number of carbonyl (C=O) groups excluding carboxylic acids is 2. The van der Waals surface area contributed by atoms with Crippen molar-refractivity contribution in [2.75, 3.05) is 6.61 Å². The molecule has 1 aromatic rings. The fraction of sp³-hybridized carbons (Fsp3) is 0.273. The van der Waals surface area contributed by atoms with Gasteiger partial charge in [0.15, 0.2) is 0 Å². The van der Waals surface area contributed by atoms with Crippen LogP contribution in [-0.4, -0.2) is 24.8 Å². The Balaban J connectivity index is 2.05. The number of hydrogen-bond donors (Lipinski definition) is 0. The van der Waals surface area contributed by atoms with E-state index >= 15 is 0 Å². The van der Waals surface area contributed by atoms with Crippen molar-refractivity contribution in [1.82, 2.24) is 0 Å². The highest BCUT2D eigenvalue weighted by molar-refractivity contribution is 5.81. The lowest BCUT2D eigenvalue weighted by molar-refractivity contribution is -0.142. The van der Waals surface area contributed by atoms with E-state index in [0.29, 0.717) is 5.56 Å². The largest absolute Gasteiger partial charge is 0.509 e. The molecule has 0 spiro atoms. The molecule has 0 bridgehead atoms. The number of cyclic esters (lactones) is 2. The molecule has 1 saturated heterocycles. The first-order valence-electron chi connectivity index (χ1n) is 4.87. The van der Waals surface area contributed by atoms with Gasteiger partial charge in [0.05, 0.1) is 0 Å². The van der Waals surface area contributed by atoms with Crippen molar-refractivity contribution in [3.63, 3.8) is 0 Å². The molecule has 1 unspecified atom stereocenters. The lowest BCUT2D eigenvalue weighted by Crippen LogP contribution is -2.28. The molecule has 0 radical (unpaired) electrons. The maximum absolute atomic E-state index is 12.8. The van der Waals surface area contributed by atoms with Gasteiger partial charge in [-0.25, -0.2) is 14.0 Å². The van der Waals surface area contributed by atoms with Gasteiger partial charge in [-0.2, -0.15) is 0 Å². The van der Waals surface area contributed by atoms with Crippen molar-refractivity contribution in [2.24, 2.45) is 0 Å². The van der Waals surface area contributed by atoms with E-state index in [9.17, 15) is 14.0 Å². The van der Waals surface area contributed by atoms with Crippen LogP contribution in [0.1, 0.15) is 5.56 Å². The summed E-state index contributed by atoms with van der Waals surface area (Å²) in [5, 5.41) is 0. The van der Waals surface area contributed by atoms with Crippen molar-refractivity contribution >= 4 is 12.1 Å². The molecule has 1 atom stereocenters. The lowest BCUT2D eigenvalue weighted by Gasteiger charge is -2.09. The minimum absolute atomic E-state index is 0.169. The Labute approximate surface area is 96.1 Å². The molecule has 5 nitrogen and oxygen atoms in total. The van der Waals surface area contributed by atoms with E-state index in [4.69, 9.17) is 4.74 Å². The van der Waals surface area contributed by atoms with E-state index in [2.05, 4.69) is 9.47 Å². The molecule has 1 aliphatic heterocycles. The van der Waals surface area contributed by atoms with Crippen LogP contribution in [-0.2, 0) is 14.3 Å². The topological polar surface area (TPSA) is 61.8 Å². The monoisotopic (exact) mass is 240 g/mol. The highest BCUT2D eigenvalue weighted by atomic mass is 19.1. The fourth-order valence-electron chi connectivity index (χ4n) is 1.35. The second-order valence-electron chi connectivity index (χ2n) is 3.50. The second kappa shape index (κ2) is 4.40. The molecule has 6 heteroatoms. The fourth-order valence-corrected chi connectivity index (χ4v) is 1.35. The summed E-state index contributed by atoms with van der Waals surface area (Å²) in [6.07, 6.45) is -1.96. The van der Waals surface area contributed by atoms with Crippen molar-refractivity contribution in [1.29, 1.82) is 0 Å². The molecule has 1 fully saturated rings. The summed E-state index contributed by atoms with van der Waals surface area (Å²) in [6, 6.07) is 3.74. The maximum atomic E-state index is 12.8. The van der Waals surface area contributed by atoms with Crippen LogP contribution in [0.5, 0.6) is 5.75 Å². The minimum atomic E-state index is -1.06. The molecule has 1 heterocycles. The van der Waals surface area contributed by atoms with Crippen LogP contribution in [0.2, 0.25) is 0 Å². The molecule has 0 amide bonds. The van der Waals surface area contributed by atoms with Crippen molar-refractivity contribution < 1.29 is 28.2 Å². The molecule has 0 saturated carbocycles. The van der Waals surface area contributed by atoms with Crippen LogP contribution in [0.25, 0.3) is 0 Å². The van der Waals surface area contributed by atoms with Gasteiger partial charge in [-0.3, -0.25) is 0 Å². The second-order valence-corrected chi connectivity index (χ2v) is 3.50. The summed E-state index contributed by atoms with van der Waals surface area (Å²) in [5.74, 6) is -0.942. The predicted molar refractivity (Wildman–Crippen MR) is 53.0 cm³/mol. The molecule has 0 aliphatic carbocycles. The molecule has 0 N–H and O–H groups in total. The Morgan fingerprint density at radius 1 is 1.53 bits per heavy atom. The van der Waals surface area contributed by atoms with Gasteiger partial charge in [0.25, 0.3) is 0 Å². The number of rotatable bonds is 2. The highest BCUT2D eigenvalue weighted by Crippen LogP contribution is 2.20. The Hall–Kier alpha value is -2.11. The van der Waals surface area contributed by atoms with Gasteiger partial charge in [-0.1, -0.05) is 0 Å². The number of esters is 1. The van der Waals surface area contributed by atoms with Crippen molar-refractivity contribution in [2.45, 2.75) is 13.0 Å². The van der Waals surface area contributed by atoms with Gasteiger partial charge in [-0.15, -0.1) is 0 Å². The Kier molecular flexibility index (Phi) is 2.95. The molecule has 1 aromatic carbocycles. The number of ether oxygens (including phenoxy) is 3. The Morgan fingerprint density at radius 3 is 2.88 bits per heavy atom. The number of benzene rings is 1. The van der Waals surface area contributed by atoms with Gasteiger partial charge in [0.1, 0.15) is 18.2 Å². The van der Waals surface area contributed by atoms with Gasteiger partial charge < -0.3 is 14.2 Å². The first-order chi connectivity index (χ1) is 8.06. The number of hydrogen-bond acceptors (Lipinski definition) is 5. The molecule has 0 aromatic heterocycles. The highest BCUT2D eigenvalue weighted by Gasteiger charge is 2.33. The standard InChI is InChI=1S/C11H9FO5/c1-6-4-7(12)2-3-8(6)16-10(13)9-5-15-11(14)17-9/h2-4,9H,5H2,1H3. The summed E-state index contributed by atoms with van der Waals surface area (Å²) in [6.45, 7) is 1.43. The van der Waals surface area contributed by atoms with Crippen LogP contribution in [0.4, 0.5) is 9.18 Å². The maximum Gasteiger partial charge on any atom is 0.509 e. The average molecular weight is 240 g/mol. The Morgan fingerprint density at radius 2 is 2.29 bits per heavy atom. The third kappa shape index (κ3) is 2.52. The van der Waals surface area contributed by atoms with Crippen molar-refractivity contribution in [3.05, 3.63) is 29.6 Å². The summed E-state index contributed by atoms with van der Waals surface area (Å²) in [7, 11) is 0. The first-order valence-corrected chi connectivity index (χ1v) is 4.87. The SMILES string of the molecule is Cc1cc(F)ccc1OC(=O)C1COC(=O)O1. The van der Waals surface area contributed by atoms with E-state index < -0.39 is 24.0 Å². The zero-order valence-electron chi connectivity index (χ0n) is 8.94. The van der Waals surface area contributed by atoms with Crippen molar-refractivity contribution in [3.8, 4) is 5.75 Å². The van der Waals surface area contributed by atoms with E-state index in [-0.39, 0.29) is 12.4 Å². The summed E-state index contributed by atoms with van der Waals surface area (Å²) >= 11 is 0. The zero-order chi connectivity index (χ0) is 12.4. The van der Waals surface area contributed by atoms with Crippen LogP contribution in [0.3, 0.4) is 0 Å². The minimum Gasteiger partial charge on any atom is -0.430 e. The average Bonchev–Trinajstić information content (AvgIpc) is 2.69. The third-order valence-corrected chi connectivity index (χ3v) is 2.20. The molecular weight excluding hydrogens is 231 g/mol. The van der Waals surface area contributed by atoms with Gasteiger partial charge in [0, 0.05) is 0 Å². The molecule has 1 aliphatic rings. The summed E-state index contributed by atoms with van der Waals surface area (Å²) < 4.78 is 26.8. The van der Waals surface area contributed by atoms with E-state index in [1.165, 1.54) is 18.2 Å². The number of halogens is 1. The molecule has 2 rings (SSSR count). The van der Waals surface area contributed by atoms with E-state index in [1.54, 1.807) is 6.92 Å². The van der Waals surface area contributed by atoms with Crippen LogP contribution in [0, 0.1) is 12.7 Å². The van der Waals surface area contributed by atoms with E-state index in [1.807, 2.05) is 0 Å². The smallest absolute Gasteiger partial charge is 0.430 e. The summed E-state index contributed by atoms with van der Waals surface area (Å²) in [4.78, 5) is 22.1. The first kappa shape index (κ1) is 11.4. The van der Waals surface area contributed by atoms with Crippen LogP contribution in [0.15, 0.2) is 18.2 Å². The third-order valence-electron chi connectivity index (χ3n) is 2.20. The van der Waals surface area contributed by atoms with E-state index in [0.717, 1.165) is 0 Å². The van der Waals surface area contributed by atoms with Crippen LogP contribution < -0.4 is 4.74 Å². The Bertz CT molecular complexity index is 471. The number of aryl methyl sites for hydroxylation is 1. The van der Waals surface area contributed by atoms with Crippen LogP contribution >= 0.6 is 0 Å². The zero-order valence-corrected chi connectivity index (χ0v) is 8.94. The summed E-state index contributed by atoms with van der Waals surface area (Å²) in [5.41, 5.74) is 0.476. The molecule has 17 heavy (non-hydrogen) atoms. The molecule has 90 valence electrons.